The van der Waals surface area contributed by atoms with Gasteiger partial charge >= 0.3 is 11.9 Å². The fraction of sp³-hybridized carbons (Fsp3) is 0.830. The van der Waals surface area contributed by atoms with Crippen molar-refractivity contribution in [2.24, 2.45) is 61.6 Å². The Morgan fingerprint density at radius 1 is 0.673 bits per heavy atom. The first-order valence-electron chi connectivity index (χ1n) is 21.7. The first-order valence-corrected chi connectivity index (χ1v) is 21.7. The van der Waals surface area contributed by atoms with Gasteiger partial charge in [-0.2, -0.15) is 0 Å². The highest BCUT2D eigenvalue weighted by molar-refractivity contribution is 5.82. The minimum absolute atomic E-state index is 0.0218. The molecular formula is C47H76O5. The molecule has 52 heavy (non-hydrogen) atoms. The van der Waals surface area contributed by atoms with Gasteiger partial charge in [0.2, 0.25) is 0 Å². The standard InChI is InChI=1S/C47H76O5/c1-14-40(10,15-2)42(12,38(49)51-35-25-23-34(48)24-26-35)44(18-5,19-6)31-45(20-7,21-8)43(13,41(11,16-3)17-4)39(50)52-47(22-9)36-28-32-27-33-29-37(47)46(33,36)30-32/h23-26,32-33,36-37,48H,14-22,27-31H2,1-13H3. The summed E-state index contributed by atoms with van der Waals surface area (Å²) in [6.07, 6.45) is 13.5. The number of aromatic hydroxyl groups is 1. The number of carbonyl (C=O) groups excluding carboxylic acids is 2. The zero-order valence-corrected chi connectivity index (χ0v) is 35.6. The molecule has 4 aliphatic carbocycles. The van der Waals surface area contributed by atoms with Crippen LogP contribution in [0.2, 0.25) is 0 Å². The van der Waals surface area contributed by atoms with Crippen LogP contribution in [0.25, 0.3) is 0 Å². The molecule has 8 unspecified atom stereocenters. The van der Waals surface area contributed by atoms with E-state index in [2.05, 4.69) is 90.0 Å². The summed E-state index contributed by atoms with van der Waals surface area (Å²) in [5, 5.41) is 9.99. The van der Waals surface area contributed by atoms with Crippen LogP contribution in [0, 0.1) is 61.6 Å². The van der Waals surface area contributed by atoms with Gasteiger partial charge in [-0.05, 0) is 167 Å². The molecular weight excluding hydrogens is 645 g/mol. The Bertz CT molecular complexity index is 1450. The number of carbonyl (C=O) groups is 2. The molecule has 4 fully saturated rings. The highest BCUT2D eigenvalue weighted by Crippen LogP contribution is 2.86. The molecule has 5 rings (SSSR count). The van der Waals surface area contributed by atoms with E-state index in [1.165, 1.54) is 25.7 Å². The molecule has 0 radical (unpaired) electrons. The van der Waals surface area contributed by atoms with Crippen molar-refractivity contribution in [2.45, 2.75) is 186 Å². The van der Waals surface area contributed by atoms with Crippen LogP contribution in [0.5, 0.6) is 11.5 Å². The van der Waals surface area contributed by atoms with Gasteiger partial charge in [-0.3, -0.25) is 9.59 Å². The van der Waals surface area contributed by atoms with Crippen LogP contribution in [-0.4, -0.2) is 22.6 Å². The zero-order valence-electron chi connectivity index (χ0n) is 35.6. The molecule has 0 aromatic heterocycles. The maximum Gasteiger partial charge on any atom is 0.318 e. The monoisotopic (exact) mass is 721 g/mol. The number of benzene rings is 1. The van der Waals surface area contributed by atoms with E-state index in [0.717, 1.165) is 76.0 Å². The Kier molecular flexibility index (Phi) is 11.0. The van der Waals surface area contributed by atoms with E-state index in [1.54, 1.807) is 24.3 Å². The molecule has 0 aliphatic heterocycles. The number of hydrogen-bond donors (Lipinski definition) is 1. The molecule has 5 nitrogen and oxygen atoms in total. The summed E-state index contributed by atoms with van der Waals surface area (Å²) in [6.45, 7) is 29.4. The van der Waals surface area contributed by atoms with Crippen LogP contribution in [0.15, 0.2) is 24.3 Å². The van der Waals surface area contributed by atoms with E-state index >= 15 is 9.59 Å². The smallest absolute Gasteiger partial charge is 0.318 e. The first kappa shape index (κ1) is 41.1. The maximum absolute atomic E-state index is 15.8. The van der Waals surface area contributed by atoms with E-state index in [-0.39, 0.29) is 34.1 Å². The van der Waals surface area contributed by atoms with Crippen molar-refractivity contribution in [2.75, 3.05) is 0 Å². The fourth-order valence-corrected chi connectivity index (χ4v) is 14.6. The van der Waals surface area contributed by atoms with Crippen LogP contribution in [0.3, 0.4) is 0 Å². The molecule has 8 atom stereocenters. The Labute approximate surface area is 318 Å². The molecule has 0 saturated heterocycles. The summed E-state index contributed by atoms with van der Waals surface area (Å²) in [4.78, 5) is 30.9. The summed E-state index contributed by atoms with van der Waals surface area (Å²) in [5.74, 6) is 3.11. The van der Waals surface area contributed by atoms with Gasteiger partial charge in [-0.15, -0.1) is 0 Å². The van der Waals surface area contributed by atoms with Crippen LogP contribution >= 0.6 is 0 Å². The van der Waals surface area contributed by atoms with Crippen LogP contribution in [0.1, 0.15) is 180 Å². The second kappa shape index (κ2) is 13.9. The number of rotatable bonds is 19. The Hall–Kier alpha value is -2.04. The average molecular weight is 721 g/mol. The van der Waals surface area contributed by atoms with Crippen LogP contribution < -0.4 is 4.74 Å². The number of ether oxygens (including phenoxy) is 2. The summed E-state index contributed by atoms with van der Waals surface area (Å²) in [7, 11) is 0. The topological polar surface area (TPSA) is 72.8 Å². The number of phenolic OH excluding ortho intramolecular Hbond substituents is 1. The summed E-state index contributed by atoms with van der Waals surface area (Å²) < 4.78 is 13.7. The van der Waals surface area contributed by atoms with Gasteiger partial charge in [0.25, 0.3) is 0 Å². The molecule has 1 N–H and O–H groups in total. The van der Waals surface area contributed by atoms with Crippen molar-refractivity contribution in [1.29, 1.82) is 0 Å². The number of phenols is 1. The molecule has 0 heterocycles. The van der Waals surface area contributed by atoms with Crippen molar-refractivity contribution < 1.29 is 24.2 Å². The Morgan fingerprint density at radius 3 is 1.56 bits per heavy atom. The van der Waals surface area contributed by atoms with E-state index < -0.39 is 21.7 Å². The highest BCUT2D eigenvalue weighted by atomic mass is 16.6. The third kappa shape index (κ3) is 5.03. The number of fused-ring (bicyclic) bond motifs is 1. The van der Waals surface area contributed by atoms with Crippen molar-refractivity contribution in [3.8, 4) is 11.5 Å². The van der Waals surface area contributed by atoms with E-state index in [4.69, 9.17) is 9.47 Å². The maximum atomic E-state index is 15.8. The van der Waals surface area contributed by atoms with Crippen molar-refractivity contribution in [3.05, 3.63) is 24.3 Å². The minimum atomic E-state index is -0.880. The summed E-state index contributed by atoms with van der Waals surface area (Å²) >= 11 is 0. The van der Waals surface area contributed by atoms with Gasteiger partial charge in [-0.25, -0.2) is 0 Å². The number of hydrogen-bond acceptors (Lipinski definition) is 5. The zero-order chi connectivity index (χ0) is 38.8. The molecule has 5 heteroatoms. The summed E-state index contributed by atoms with van der Waals surface area (Å²) in [6, 6.07) is 6.51. The second-order valence-corrected chi connectivity index (χ2v) is 19.2. The molecule has 2 bridgehead atoms. The fourth-order valence-electron chi connectivity index (χ4n) is 14.6. The predicted octanol–water partition coefficient (Wildman–Crippen LogP) is 12.7. The van der Waals surface area contributed by atoms with Gasteiger partial charge in [0.1, 0.15) is 17.1 Å². The van der Waals surface area contributed by atoms with Gasteiger partial charge in [0, 0.05) is 11.8 Å². The molecule has 1 spiro atoms. The lowest BCUT2D eigenvalue weighted by molar-refractivity contribution is -0.334. The Balaban J connectivity index is 1.65. The minimum Gasteiger partial charge on any atom is -0.508 e. The lowest BCUT2D eigenvalue weighted by atomic mass is 9.31. The normalized spacial score (nSPS) is 30.4. The third-order valence-electron chi connectivity index (χ3n) is 19.3. The van der Waals surface area contributed by atoms with E-state index in [1.807, 2.05) is 0 Å². The van der Waals surface area contributed by atoms with Gasteiger partial charge in [0.15, 0.2) is 0 Å². The largest absolute Gasteiger partial charge is 0.508 e. The number of esters is 2. The van der Waals surface area contributed by atoms with E-state index in [9.17, 15) is 5.11 Å². The van der Waals surface area contributed by atoms with Gasteiger partial charge < -0.3 is 14.6 Å². The van der Waals surface area contributed by atoms with Crippen molar-refractivity contribution in [3.63, 3.8) is 0 Å². The molecule has 1 aromatic carbocycles. The highest BCUT2D eigenvalue weighted by Gasteiger charge is 2.84. The third-order valence-corrected chi connectivity index (χ3v) is 19.3. The molecule has 4 saturated carbocycles. The predicted molar refractivity (Wildman–Crippen MR) is 212 cm³/mol. The first-order chi connectivity index (χ1) is 24.4. The molecule has 1 aromatic rings. The summed E-state index contributed by atoms with van der Waals surface area (Å²) in [5.41, 5.74) is -3.15. The SMILES string of the molecule is CCC1(OC(=O)C(C)(C(C)(CC)CC)C(CC)(CC)CC(CC)(CC)C(C)(C(=O)Oc2ccc(O)cc2)C(C)(CC)CC)C2CC3CC4CC1C42C3. The van der Waals surface area contributed by atoms with Crippen LogP contribution in [0.4, 0.5) is 0 Å². The quantitative estimate of drug-likeness (QED) is 0.114. The van der Waals surface area contributed by atoms with Gasteiger partial charge in [0.05, 0.1) is 10.8 Å². The van der Waals surface area contributed by atoms with Crippen molar-refractivity contribution >= 4 is 11.9 Å². The molecule has 294 valence electrons. The second-order valence-electron chi connectivity index (χ2n) is 19.2. The lowest BCUT2D eigenvalue weighted by Gasteiger charge is -2.75. The Morgan fingerprint density at radius 2 is 1.13 bits per heavy atom. The van der Waals surface area contributed by atoms with Crippen LogP contribution in [-0.2, 0) is 14.3 Å². The molecule has 0 amide bonds. The van der Waals surface area contributed by atoms with Gasteiger partial charge in [-0.1, -0.05) is 76.2 Å². The average Bonchev–Trinajstić information content (AvgIpc) is 3.70. The molecule has 4 aliphatic rings. The van der Waals surface area contributed by atoms with E-state index in [0.29, 0.717) is 23.0 Å². The van der Waals surface area contributed by atoms with Crippen molar-refractivity contribution in [1.82, 2.24) is 0 Å². The lowest BCUT2D eigenvalue weighted by Crippen LogP contribution is -2.77.